The zero-order valence-electron chi connectivity index (χ0n) is 12.5. The standard InChI is InChI=1S/C13H21N5O3/c1-13(2,3)12(20)18-6-4-8(5-7-18)15-11(19)9-10(14)17-21-16-9/h8H,4-7H2,1-3H3,(H2,14,17)(H,15,19). The number of hydrogen-bond acceptors (Lipinski definition) is 6. The van der Waals surface area contributed by atoms with E-state index >= 15 is 0 Å². The van der Waals surface area contributed by atoms with Gasteiger partial charge in [0.15, 0.2) is 0 Å². The number of nitrogens with two attached hydrogens (primary N) is 1. The van der Waals surface area contributed by atoms with Gasteiger partial charge in [0.1, 0.15) is 0 Å². The summed E-state index contributed by atoms with van der Waals surface area (Å²) in [4.78, 5) is 25.9. The molecule has 0 atom stereocenters. The number of carbonyl (C=O) groups is 2. The normalized spacial score (nSPS) is 16.8. The molecule has 0 bridgehead atoms. The zero-order chi connectivity index (χ0) is 15.6. The summed E-state index contributed by atoms with van der Waals surface area (Å²) in [6.07, 6.45) is 1.41. The van der Waals surface area contributed by atoms with Crippen LogP contribution in [0.3, 0.4) is 0 Å². The minimum Gasteiger partial charge on any atom is -0.379 e. The number of aromatic nitrogens is 2. The largest absolute Gasteiger partial charge is 0.379 e. The van der Waals surface area contributed by atoms with E-state index in [1.165, 1.54) is 0 Å². The van der Waals surface area contributed by atoms with Crippen LogP contribution in [0.25, 0.3) is 0 Å². The highest BCUT2D eigenvalue weighted by Crippen LogP contribution is 2.21. The molecule has 2 heterocycles. The predicted octanol–water partition coefficient (Wildman–Crippen LogP) is 0.419. The average Bonchev–Trinajstić information content (AvgIpc) is 2.84. The van der Waals surface area contributed by atoms with Gasteiger partial charge < -0.3 is 16.0 Å². The summed E-state index contributed by atoms with van der Waals surface area (Å²) in [5, 5.41) is 9.68. The molecule has 1 fully saturated rings. The lowest BCUT2D eigenvalue weighted by molar-refractivity contribution is -0.140. The molecule has 1 saturated heterocycles. The molecule has 0 saturated carbocycles. The highest BCUT2D eigenvalue weighted by Gasteiger charge is 2.31. The van der Waals surface area contributed by atoms with Crippen LogP contribution in [0.5, 0.6) is 0 Å². The van der Waals surface area contributed by atoms with Crippen LogP contribution in [0.2, 0.25) is 0 Å². The van der Waals surface area contributed by atoms with Crippen molar-refractivity contribution in [3.8, 4) is 0 Å². The molecule has 0 radical (unpaired) electrons. The van der Waals surface area contributed by atoms with Gasteiger partial charge in [0.05, 0.1) is 0 Å². The first kappa shape index (κ1) is 15.3. The van der Waals surface area contributed by atoms with Crippen LogP contribution in [-0.2, 0) is 4.79 Å². The summed E-state index contributed by atoms with van der Waals surface area (Å²) in [7, 11) is 0. The summed E-state index contributed by atoms with van der Waals surface area (Å²) < 4.78 is 4.40. The maximum Gasteiger partial charge on any atom is 0.277 e. The third kappa shape index (κ3) is 3.50. The van der Waals surface area contributed by atoms with Crippen LogP contribution in [-0.4, -0.2) is 46.2 Å². The van der Waals surface area contributed by atoms with E-state index in [0.717, 1.165) is 0 Å². The van der Waals surface area contributed by atoms with Crippen molar-refractivity contribution in [1.29, 1.82) is 0 Å². The Balaban J connectivity index is 1.86. The molecule has 1 aromatic rings. The molecule has 0 unspecified atom stereocenters. The van der Waals surface area contributed by atoms with E-state index in [1.807, 2.05) is 25.7 Å². The summed E-state index contributed by atoms with van der Waals surface area (Å²) in [6.45, 7) is 6.98. The van der Waals surface area contributed by atoms with E-state index in [9.17, 15) is 9.59 Å². The van der Waals surface area contributed by atoms with E-state index in [0.29, 0.717) is 25.9 Å². The lowest BCUT2D eigenvalue weighted by Gasteiger charge is -2.35. The number of nitrogen functional groups attached to an aromatic ring is 1. The number of nitrogens with zero attached hydrogens (tertiary/aromatic N) is 3. The Morgan fingerprint density at radius 2 is 1.90 bits per heavy atom. The molecular formula is C13H21N5O3. The van der Waals surface area contributed by atoms with Crippen LogP contribution in [0.15, 0.2) is 4.63 Å². The van der Waals surface area contributed by atoms with Gasteiger partial charge >= 0.3 is 0 Å². The van der Waals surface area contributed by atoms with Gasteiger partial charge in [0.2, 0.25) is 17.4 Å². The van der Waals surface area contributed by atoms with E-state index in [4.69, 9.17) is 5.73 Å². The van der Waals surface area contributed by atoms with E-state index in [-0.39, 0.29) is 28.9 Å². The van der Waals surface area contributed by atoms with Crippen molar-refractivity contribution >= 4 is 17.6 Å². The summed E-state index contributed by atoms with van der Waals surface area (Å²) in [5.74, 6) is -0.278. The highest BCUT2D eigenvalue weighted by atomic mass is 16.6. The molecule has 116 valence electrons. The number of hydrogen-bond donors (Lipinski definition) is 2. The Labute approximate surface area is 123 Å². The molecule has 2 rings (SSSR count). The van der Waals surface area contributed by atoms with E-state index in [2.05, 4.69) is 20.3 Å². The Bertz CT molecular complexity index is 526. The minimum absolute atomic E-state index is 0.00221. The van der Waals surface area contributed by atoms with Gasteiger partial charge in [-0.25, -0.2) is 4.63 Å². The second kappa shape index (κ2) is 5.71. The molecular weight excluding hydrogens is 274 g/mol. The van der Waals surface area contributed by atoms with Crippen LogP contribution in [0.4, 0.5) is 5.82 Å². The van der Waals surface area contributed by atoms with Gasteiger partial charge in [-0.2, -0.15) is 0 Å². The Morgan fingerprint density at radius 1 is 1.29 bits per heavy atom. The maximum atomic E-state index is 12.2. The number of nitrogens with one attached hydrogen (secondary N) is 1. The second-order valence-electron chi connectivity index (χ2n) is 6.29. The SMILES string of the molecule is CC(C)(C)C(=O)N1CCC(NC(=O)c2nonc2N)CC1. The van der Waals surface area contributed by atoms with Gasteiger partial charge in [-0.15, -0.1) is 0 Å². The van der Waals surface area contributed by atoms with Crippen molar-refractivity contribution in [2.24, 2.45) is 5.41 Å². The molecule has 2 amide bonds. The lowest BCUT2D eigenvalue weighted by Crippen LogP contribution is -2.49. The average molecular weight is 295 g/mol. The molecule has 3 N–H and O–H groups in total. The fourth-order valence-electron chi connectivity index (χ4n) is 2.31. The molecule has 1 aliphatic rings. The number of likely N-dealkylation sites (tertiary alicyclic amines) is 1. The van der Waals surface area contributed by atoms with Gasteiger partial charge in [0.25, 0.3) is 5.91 Å². The molecule has 1 aliphatic heterocycles. The Morgan fingerprint density at radius 3 is 2.38 bits per heavy atom. The van der Waals surface area contributed by atoms with Gasteiger partial charge in [-0.3, -0.25) is 9.59 Å². The smallest absolute Gasteiger partial charge is 0.277 e. The van der Waals surface area contributed by atoms with E-state index in [1.54, 1.807) is 0 Å². The molecule has 8 nitrogen and oxygen atoms in total. The van der Waals surface area contributed by atoms with Gasteiger partial charge in [0, 0.05) is 24.5 Å². The summed E-state index contributed by atoms with van der Waals surface area (Å²) in [6, 6.07) is -0.00221. The van der Waals surface area contributed by atoms with Crippen molar-refractivity contribution in [2.75, 3.05) is 18.8 Å². The van der Waals surface area contributed by atoms with Crippen LogP contribution in [0, 0.1) is 5.41 Å². The Kier molecular flexibility index (Phi) is 4.15. The van der Waals surface area contributed by atoms with Crippen LogP contribution >= 0.6 is 0 Å². The number of anilines is 1. The number of rotatable bonds is 2. The number of amides is 2. The molecule has 21 heavy (non-hydrogen) atoms. The van der Waals surface area contributed by atoms with Crippen molar-refractivity contribution in [3.05, 3.63) is 5.69 Å². The van der Waals surface area contributed by atoms with Crippen LogP contribution < -0.4 is 11.1 Å². The predicted molar refractivity (Wildman–Crippen MR) is 75.2 cm³/mol. The van der Waals surface area contributed by atoms with Crippen LogP contribution in [0.1, 0.15) is 44.1 Å². The first-order chi connectivity index (χ1) is 9.79. The first-order valence-electron chi connectivity index (χ1n) is 6.97. The number of carbonyl (C=O) groups excluding carboxylic acids is 2. The van der Waals surface area contributed by atoms with Crippen molar-refractivity contribution in [3.63, 3.8) is 0 Å². The quantitative estimate of drug-likeness (QED) is 0.817. The van der Waals surface area contributed by atoms with Crippen molar-refractivity contribution in [1.82, 2.24) is 20.5 Å². The zero-order valence-corrected chi connectivity index (χ0v) is 12.5. The van der Waals surface area contributed by atoms with Gasteiger partial charge in [-0.05, 0) is 23.2 Å². The summed E-state index contributed by atoms with van der Waals surface area (Å²) >= 11 is 0. The fraction of sp³-hybridized carbons (Fsp3) is 0.692. The molecule has 0 aromatic carbocycles. The van der Waals surface area contributed by atoms with Crippen molar-refractivity contribution < 1.29 is 14.2 Å². The fourth-order valence-corrected chi connectivity index (χ4v) is 2.31. The summed E-state index contributed by atoms with van der Waals surface area (Å²) in [5.41, 5.74) is 5.10. The topological polar surface area (TPSA) is 114 Å². The highest BCUT2D eigenvalue weighted by molar-refractivity contribution is 5.96. The molecule has 1 aromatic heterocycles. The van der Waals surface area contributed by atoms with E-state index < -0.39 is 5.91 Å². The Hall–Kier alpha value is -2.12. The monoisotopic (exact) mass is 295 g/mol. The third-order valence-corrected chi connectivity index (χ3v) is 3.49. The number of piperidine rings is 1. The lowest BCUT2D eigenvalue weighted by atomic mass is 9.93. The minimum atomic E-state index is -0.394. The molecule has 0 spiro atoms. The van der Waals surface area contributed by atoms with Gasteiger partial charge in [-0.1, -0.05) is 20.8 Å². The third-order valence-electron chi connectivity index (χ3n) is 3.49. The first-order valence-corrected chi connectivity index (χ1v) is 6.97. The molecule has 8 heteroatoms. The maximum absolute atomic E-state index is 12.2. The second-order valence-corrected chi connectivity index (χ2v) is 6.29. The van der Waals surface area contributed by atoms with Crippen molar-refractivity contribution in [2.45, 2.75) is 39.7 Å². The molecule has 0 aliphatic carbocycles.